The van der Waals surface area contributed by atoms with Gasteiger partial charge in [-0.2, -0.15) is 0 Å². The summed E-state index contributed by atoms with van der Waals surface area (Å²) in [5.41, 5.74) is 3.94. The summed E-state index contributed by atoms with van der Waals surface area (Å²) < 4.78 is 29.3. The zero-order chi connectivity index (χ0) is 31.9. The maximum Gasteiger partial charge on any atom is 0.264 e. The lowest BCUT2D eigenvalue weighted by molar-refractivity contribution is -0.140. The highest BCUT2D eigenvalue weighted by Gasteiger charge is 2.34. The summed E-state index contributed by atoms with van der Waals surface area (Å²) in [6, 6.07) is 29.0. The number of carbonyl (C=O) groups excluding carboxylic acids is 2. The molecule has 4 aromatic rings. The predicted molar refractivity (Wildman–Crippen MR) is 176 cm³/mol. The number of benzene rings is 4. The summed E-state index contributed by atoms with van der Waals surface area (Å²) in [5, 5.41) is 3.36. The fourth-order valence-corrected chi connectivity index (χ4v) is 6.40. The lowest BCUT2D eigenvalue weighted by atomic mass is 10.0. The Morgan fingerprint density at radius 2 is 1.45 bits per heavy atom. The van der Waals surface area contributed by atoms with Gasteiger partial charge in [0, 0.05) is 24.0 Å². The molecule has 9 heteroatoms. The van der Waals surface area contributed by atoms with Crippen LogP contribution in [-0.2, 0) is 32.6 Å². The molecule has 0 bridgehead atoms. The number of sulfonamides is 1. The second-order valence-corrected chi connectivity index (χ2v) is 13.5. The molecule has 0 fully saturated rings. The van der Waals surface area contributed by atoms with Gasteiger partial charge in [-0.1, -0.05) is 83.9 Å². The van der Waals surface area contributed by atoms with E-state index in [1.165, 1.54) is 29.2 Å². The lowest BCUT2D eigenvalue weighted by Gasteiger charge is -2.34. The van der Waals surface area contributed by atoms with Gasteiger partial charge in [0.15, 0.2) is 0 Å². The van der Waals surface area contributed by atoms with Crippen molar-refractivity contribution in [2.75, 3.05) is 10.8 Å². The van der Waals surface area contributed by atoms with Crippen LogP contribution in [0.4, 0.5) is 5.69 Å². The van der Waals surface area contributed by atoms with E-state index in [1.54, 1.807) is 18.2 Å². The molecule has 0 heterocycles. The van der Waals surface area contributed by atoms with Gasteiger partial charge in [-0.25, -0.2) is 8.42 Å². The normalized spacial score (nSPS) is 12.0. The van der Waals surface area contributed by atoms with Crippen LogP contribution in [0.2, 0.25) is 5.02 Å². The highest BCUT2D eigenvalue weighted by molar-refractivity contribution is 7.92. The van der Waals surface area contributed by atoms with Crippen molar-refractivity contribution < 1.29 is 18.0 Å². The van der Waals surface area contributed by atoms with Crippen molar-refractivity contribution in [3.8, 4) is 0 Å². The van der Waals surface area contributed by atoms with Gasteiger partial charge in [0.2, 0.25) is 11.8 Å². The first-order valence-corrected chi connectivity index (χ1v) is 16.3. The molecule has 230 valence electrons. The largest absolute Gasteiger partial charge is 0.352 e. The Kier molecular flexibility index (Phi) is 10.8. The lowest BCUT2D eigenvalue weighted by Crippen LogP contribution is -2.54. The Morgan fingerprint density at radius 3 is 2.07 bits per heavy atom. The van der Waals surface area contributed by atoms with Gasteiger partial charge in [0.25, 0.3) is 10.0 Å². The first-order chi connectivity index (χ1) is 20.9. The first kappa shape index (κ1) is 32.8. The van der Waals surface area contributed by atoms with E-state index in [-0.39, 0.29) is 29.8 Å². The third-order valence-corrected chi connectivity index (χ3v) is 9.19. The standard InChI is InChI=1S/C35H38ClN3O4S/c1-25(2)37-35(41)33(22-28-10-6-5-7-11-28)38(23-29-15-13-26(3)14-16-29)34(40)24-39(31-12-8-9-27(4)21-31)44(42,43)32-19-17-30(36)18-20-32/h5-21,25,33H,22-24H2,1-4H3,(H,37,41)/t33-/m1/s1. The van der Waals surface area contributed by atoms with Crippen LogP contribution >= 0.6 is 11.6 Å². The number of hydrogen-bond donors (Lipinski definition) is 1. The number of rotatable bonds is 12. The molecule has 0 aliphatic rings. The maximum atomic E-state index is 14.5. The molecule has 0 aliphatic heterocycles. The van der Waals surface area contributed by atoms with E-state index >= 15 is 0 Å². The van der Waals surface area contributed by atoms with Crippen molar-refractivity contribution in [2.45, 2.75) is 57.6 Å². The Bertz CT molecular complexity index is 1680. The van der Waals surface area contributed by atoms with E-state index < -0.39 is 28.5 Å². The molecule has 4 aromatic carbocycles. The summed E-state index contributed by atoms with van der Waals surface area (Å²) in [5.74, 6) is -0.823. The molecule has 0 radical (unpaired) electrons. The molecule has 2 amide bonds. The highest BCUT2D eigenvalue weighted by Crippen LogP contribution is 2.27. The van der Waals surface area contributed by atoms with Crippen LogP contribution in [0.25, 0.3) is 0 Å². The number of hydrogen-bond acceptors (Lipinski definition) is 4. The van der Waals surface area contributed by atoms with Crippen LogP contribution in [0, 0.1) is 13.8 Å². The Labute approximate surface area is 265 Å². The minimum Gasteiger partial charge on any atom is -0.352 e. The van der Waals surface area contributed by atoms with Crippen molar-refractivity contribution in [1.82, 2.24) is 10.2 Å². The van der Waals surface area contributed by atoms with Crippen molar-refractivity contribution in [2.24, 2.45) is 0 Å². The summed E-state index contributed by atoms with van der Waals surface area (Å²) in [6.45, 7) is 7.16. The van der Waals surface area contributed by atoms with Crippen molar-refractivity contribution >= 4 is 39.1 Å². The molecule has 1 N–H and O–H groups in total. The second kappa shape index (κ2) is 14.6. The van der Waals surface area contributed by atoms with E-state index in [2.05, 4.69) is 5.32 Å². The summed E-state index contributed by atoms with van der Waals surface area (Å²) in [6.07, 6.45) is 0.255. The molecule has 0 spiro atoms. The Morgan fingerprint density at radius 1 is 0.795 bits per heavy atom. The van der Waals surface area contributed by atoms with Gasteiger partial charge < -0.3 is 10.2 Å². The van der Waals surface area contributed by atoms with E-state index in [4.69, 9.17) is 11.6 Å². The number of nitrogens with one attached hydrogen (secondary N) is 1. The molecule has 4 rings (SSSR count). The zero-order valence-electron chi connectivity index (χ0n) is 25.4. The highest BCUT2D eigenvalue weighted by atomic mass is 35.5. The molecule has 7 nitrogen and oxygen atoms in total. The minimum atomic E-state index is -4.19. The van der Waals surface area contributed by atoms with Crippen molar-refractivity contribution in [3.63, 3.8) is 0 Å². The molecule has 1 atom stereocenters. The topological polar surface area (TPSA) is 86.8 Å². The van der Waals surface area contributed by atoms with Crippen molar-refractivity contribution in [3.05, 3.63) is 130 Å². The minimum absolute atomic E-state index is 0.000299. The average Bonchev–Trinajstić information content (AvgIpc) is 2.98. The van der Waals surface area contributed by atoms with Crippen LogP contribution in [0.5, 0.6) is 0 Å². The fourth-order valence-electron chi connectivity index (χ4n) is 4.87. The third kappa shape index (κ3) is 8.49. The Hall–Kier alpha value is -4.14. The van der Waals surface area contributed by atoms with Gasteiger partial charge in [0.1, 0.15) is 12.6 Å². The molecule has 0 aliphatic carbocycles. The SMILES string of the molecule is Cc1ccc(CN(C(=O)CN(c2cccc(C)c2)S(=O)(=O)c2ccc(Cl)cc2)[C@H](Cc2ccccc2)C(=O)NC(C)C)cc1. The molecule has 0 aromatic heterocycles. The van der Waals surface area contributed by atoms with Crippen LogP contribution in [0.15, 0.2) is 108 Å². The number of aryl methyl sites for hydroxylation is 2. The Balaban J connectivity index is 1.80. The second-order valence-electron chi connectivity index (χ2n) is 11.2. The van der Waals surface area contributed by atoms with Gasteiger partial charge in [-0.3, -0.25) is 13.9 Å². The van der Waals surface area contributed by atoms with E-state index in [0.29, 0.717) is 10.7 Å². The van der Waals surface area contributed by atoms with E-state index in [9.17, 15) is 18.0 Å². The quantitative estimate of drug-likeness (QED) is 0.198. The van der Waals surface area contributed by atoms with Gasteiger partial charge in [-0.15, -0.1) is 0 Å². The zero-order valence-corrected chi connectivity index (χ0v) is 27.0. The van der Waals surface area contributed by atoms with Crippen LogP contribution in [0.1, 0.15) is 36.1 Å². The average molecular weight is 632 g/mol. The van der Waals surface area contributed by atoms with Gasteiger partial charge >= 0.3 is 0 Å². The monoisotopic (exact) mass is 631 g/mol. The fraction of sp³-hybridized carbons (Fsp3) is 0.257. The number of anilines is 1. The molecule has 0 saturated heterocycles. The van der Waals surface area contributed by atoms with Gasteiger partial charge in [-0.05, 0) is 80.8 Å². The third-order valence-electron chi connectivity index (χ3n) is 7.15. The number of halogens is 1. The first-order valence-electron chi connectivity index (χ1n) is 14.5. The molecule has 0 saturated carbocycles. The van der Waals surface area contributed by atoms with Crippen LogP contribution in [-0.4, -0.2) is 43.8 Å². The molecular formula is C35H38ClN3O4S. The molecular weight excluding hydrogens is 594 g/mol. The summed E-state index contributed by atoms with van der Waals surface area (Å²) >= 11 is 6.05. The van der Waals surface area contributed by atoms with E-state index in [1.807, 2.05) is 88.4 Å². The summed E-state index contributed by atoms with van der Waals surface area (Å²) in [7, 11) is -4.19. The van der Waals surface area contributed by atoms with E-state index in [0.717, 1.165) is 26.6 Å². The number of nitrogens with zero attached hydrogens (tertiary/aromatic N) is 2. The molecule has 44 heavy (non-hydrogen) atoms. The number of amides is 2. The smallest absolute Gasteiger partial charge is 0.264 e. The maximum absolute atomic E-state index is 14.5. The summed E-state index contributed by atoms with van der Waals surface area (Å²) in [4.78, 5) is 29.7. The van der Waals surface area contributed by atoms with Crippen LogP contribution in [0.3, 0.4) is 0 Å². The predicted octanol–water partition coefficient (Wildman–Crippen LogP) is 6.32. The van der Waals surface area contributed by atoms with Crippen LogP contribution < -0.4 is 9.62 Å². The molecule has 0 unspecified atom stereocenters. The van der Waals surface area contributed by atoms with Gasteiger partial charge in [0.05, 0.1) is 10.6 Å². The number of carbonyl (C=O) groups is 2. The van der Waals surface area contributed by atoms with Crippen molar-refractivity contribution in [1.29, 1.82) is 0 Å².